The van der Waals surface area contributed by atoms with Gasteiger partial charge in [-0.2, -0.15) is 0 Å². The molecular formula is C13H12ClN3O3S. The van der Waals surface area contributed by atoms with Gasteiger partial charge in [0, 0.05) is 16.6 Å². The molecule has 110 valence electrons. The Morgan fingerprint density at radius 1 is 1.38 bits per heavy atom. The number of aromatic carboxylic acids is 1. The molecule has 2 aromatic rings. The Morgan fingerprint density at radius 2 is 2.14 bits per heavy atom. The smallest absolute Gasteiger partial charge is 0.355 e. The van der Waals surface area contributed by atoms with Crippen LogP contribution in [-0.2, 0) is 13.0 Å². The zero-order valence-corrected chi connectivity index (χ0v) is 12.7. The molecule has 0 bridgehead atoms. The predicted molar refractivity (Wildman–Crippen MR) is 78.9 cm³/mol. The largest absolute Gasteiger partial charge is 0.476 e. The minimum Gasteiger partial charge on any atom is -0.476 e. The molecule has 8 heteroatoms. The maximum Gasteiger partial charge on any atom is 0.355 e. The molecule has 6 nitrogen and oxygen atoms in total. The van der Waals surface area contributed by atoms with Crippen molar-refractivity contribution in [2.24, 2.45) is 0 Å². The Morgan fingerprint density at radius 3 is 2.76 bits per heavy atom. The molecule has 0 aliphatic carbocycles. The number of rotatable bonds is 5. The van der Waals surface area contributed by atoms with Crippen molar-refractivity contribution in [1.82, 2.24) is 15.3 Å². The summed E-state index contributed by atoms with van der Waals surface area (Å²) in [5.74, 6) is -1.39. The van der Waals surface area contributed by atoms with Gasteiger partial charge in [0.15, 0.2) is 5.69 Å². The molecule has 1 amide bonds. The second-order valence-electron chi connectivity index (χ2n) is 4.14. The minimum absolute atomic E-state index is 0.0236. The third-order valence-corrected chi connectivity index (χ3v) is 3.69. The van der Waals surface area contributed by atoms with Gasteiger partial charge >= 0.3 is 5.97 Å². The van der Waals surface area contributed by atoms with E-state index in [1.165, 1.54) is 22.8 Å². The predicted octanol–water partition coefficient (Wildman–Crippen LogP) is 2.38. The van der Waals surface area contributed by atoms with E-state index in [4.69, 9.17) is 16.7 Å². The third kappa shape index (κ3) is 3.99. The molecule has 0 aliphatic rings. The number of amides is 1. The second kappa shape index (κ2) is 6.64. The summed E-state index contributed by atoms with van der Waals surface area (Å²) in [6.07, 6.45) is 0.676. The minimum atomic E-state index is -1.09. The van der Waals surface area contributed by atoms with E-state index in [0.29, 0.717) is 17.0 Å². The molecule has 2 rings (SSSR count). The molecule has 0 radical (unpaired) electrons. The van der Waals surface area contributed by atoms with Crippen LogP contribution in [0.3, 0.4) is 0 Å². The van der Waals surface area contributed by atoms with Crippen LogP contribution in [0, 0.1) is 0 Å². The maximum atomic E-state index is 12.0. The molecule has 0 aliphatic heterocycles. The van der Waals surface area contributed by atoms with Crippen molar-refractivity contribution in [2.75, 3.05) is 0 Å². The number of aryl methyl sites for hydroxylation is 1. The van der Waals surface area contributed by atoms with Gasteiger partial charge in [-0.15, -0.1) is 11.3 Å². The lowest BCUT2D eigenvalue weighted by Gasteiger charge is -2.05. The molecule has 0 spiro atoms. The monoisotopic (exact) mass is 325 g/mol. The summed E-state index contributed by atoms with van der Waals surface area (Å²) < 4.78 is 0. The van der Waals surface area contributed by atoms with Gasteiger partial charge in [0.1, 0.15) is 10.2 Å². The van der Waals surface area contributed by atoms with Crippen molar-refractivity contribution in [2.45, 2.75) is 19.9 Å². The van der Waals surface area contributed by atoms with Crippen LogP contribution in [0.25, 0.3) is 0 Å². The quantitative estimate of drug-likeness (QED) is 0.823. The molecule has 0 atom stereocenters. The number of hydrogen-bond donors (Lipinski definition) is 2. The fourth-order valence-corrected chi connectivity index (χ4v) is 2.55. The molecule has 0 unspecified atom stereocenters. The SMILES string of the molecule is CCc1cc(C(=O)NCc2nc(C(=O)O)cs2)cc(Cl)n1. The number of nitrogens with zero attached hydrogens (tertiary/aromatic N) is 2. The second-order valence-corrected chi connectivity index (χ2v) is 5.47. The summed E-state index contributed by atoms with van der Waals surface area (Å²) >= 11 is 7.04. The Labute approximate surface area is 129 Å². The van der Waals surface area contributed by atoms with E-state index in [-0.39, 0.29) is 23.3 Å². The number of pyridine rings is 1. The number of carboxylic acid groups (broad SMARTS) is 1. The van der Waals surface area contributed by atoms with Crippen molar-refractivity contribution in [1.29, 1.82) is 0 Å². The Kier molecular flexibility index (Phi) is 4.87. The van der Waals surface area contributed by atoms with Gasteiger partial charge in [-0.25, -0.2) is 14.8 Å². The summed E-state index contributed by atoms with van der Waals surface area (Å²) in [5.41, 5.74) is 1.13. The molecule has 0 aromatic carbocycles. The summed E-state index contributed by atoms with van der Waals surface area (Å²) in [6.45, 7) is 2.08. The van der Waals surface area contributed by atoms with Crippen LogP contribution in [-0.4, -0.2) is 27.0 Å². The van der Waals surface area contributed by atoms with Crippen LogP contribution < -0.4 is 5.32 Å². The van der Waals surface area contributed by atoms with Crippen molar-refractivity contribution in [3.8, 4) is 0 Å². The number of carboxylic acids is 1. The number of thiazole rings is 1. The number of halogens is 1. The van der Waals surface area contributed by atoms with E-state index in [1.54, 1.807) is 6.07 Å². The average Bonchev–Trinajstić information content (AvgIpc) is 2.93. The van der Waals surface area contributed by atoms with Crippen LogP contribution in [0.4, 0.5) is 0 Å². The first kappa shape index (κ1) is 15.4. The Hall–Kier alpha value is -1.99. The maximum absolute atomic E-state index is 12.0. The summed E-state index contributed by atoms with van der Waals surface area (Å²) in [7, 11) is 0. The average molecular weight is 326 g/mol. The molecule has 0 saturated heterocycles. The Balaban J connectivity index is 2.04. The van der Waals surface area contributed by atoms with Gasteiger partial charge in [-0.1, -0.05) is 18.5 Å². The van der Waals surface area contributed by atoms with Crippen molar-refractivity contribution < 1.29 is 14.7 Å². The van der Waals surface area contributed by atoms with Gasteiger partial charge in [0.05, 0.1) is 6.54 Å². The number of hydrogen-bond acceptors (Lipinski definition) is 5. The van der Waals surface area contributed by atoms with Gasteiger partial charge in [0.25, 0.3) is 5.91 Å². The van der Waals surface area contributed by atoms with Gasteiger partial charge < -0.3 is 10.4 Å². The first-order chi connectivity index (χ1) is 9.99. The Bertz CT molecular complexity index is 687. The topological polar surface area (TPSA) is 92.2 Å². The molecule has 2 aromatic heterocycles. The molecule has 2 N–H and O–H groups in total. The van der Waals surface area contributed by atoms with Crippen LogP contribution >= 0.6 is 22.9 Å². The number of carbonyl (C=O) groups is 2. The number of nitrogens with one attached hydrogen (secondary N) is 1. The van der Waals surface area contributed by atoms with Crippen LogP contribution in [0.5, 0.6) is 0 Å². The highest BCUT2D eigenvalue weighted by Gasteiger charge is 2.12. The summed E-state index contributed by atoms with van der Waals surface area (Å²) in [5, 5.41) is 13.7. The zero-order valence-electron chi connectivity index (χ0n) is 11.1. The highest BCUT2D eigenvalue weighted by atomic mass is 35.5. The van der Waals surface area contributed by atoms with E-state index in [0.717, 1.165) is 5.69 Å². The normalized spacial score (nSPS) is 10.4. The van der Waals surface area contributed by atoms with Crippen LogP contribution in [0.15, 0.2) is 17.5 Å². The highest BCUT2D eigenvalue weighted by molar-refractivity contribution is 7.09. The standard InChI is InChI=1S/C13H12ClN3O3S/c1-2-8-3-7(4-10(14)16-8)12(18)15-5-11-17-9(6-21-11)13(19)20/h3-4,6H,2,5H2,1H3,(H,15,18)(H,19,20). The third-order valence-electron chi connectivity index (χ3n) is 2.64. The van der Waals surface area contributed by atoms with Gasteiger partial charge in [-0.05, 0) is 18.6 Å². The molecule has 0 fully saturated rings. The fourth-order valence-electron chi connectivity index (χ4n) is 1.61. The lowest BCUT2D eigenvalue weighted by Crippen LogP contribution is -2.23. The van der Waals surface area contributed by atoms with Gasteiger partial charge in [-0.3, -0.25) is 4.79 Å². The van der Waals surface area contributed by atoms with Crippen LogP contribution in [0.1, 0.15) is 38.5 Å². The first-order valence-electron chi connectivity index (χ1n) is 6.12. The molecule has 21 heavy (non-hydrogen) atoms. The molecular weight excluding hydrogens is 314 g/mol. The highest BCUT2D eigenvalue weighted by Crippen LogP contribution is 2.13. The molecule has 0 saturated carbocycles. The van der Waals surface area contributed by atoms with E-state index in [9.17, 15) is 9.59 Å². The fraction of sp³-hybridized carbons (Fsp3) is 0.231. The summed E-state index contributed by atoms with van der Waals surface area (Å²) in [6, 6.07) is 3.16. The number of aromatic nitrogens is 2. The van der Waals surface area contributed by atoms with E-state index >= 15 is 0 Å². The number of carbonyl (C=O) groups excluding carboxylic acids is 1. The van der Waals surface area contributed by atoms with Crippen LogP contribution in [0.2, 0.25) is 5.15 Å². The summed E-state index contributed by atoms with van der Waals surface area (Å²) in [4.78, 5) is 30.7. The zero-order chi connectivity index (χ0) is 15.4. The lowest BCUT2D eigenvalue weighted by atomic mass is 10.2. The van der Waals surface area contributed by atoms with E-state index < -0.39 is 5.97 Å². The van der Waals surface area contributed by atoms with Crippen molar-refractivity contribution in [3.63, 3.8) is 0 Å². The van der Waals surface area contributed by atoms with E-state index in [1.807, 2.05) is 6.92 Å². The molecule has 2 heterocycles. The van der Waals surface area contributed by atoms with Gasteiger partial charge in [0.2, 0.25) is 0 Å². The van der Waals surface area contributed by atoms with E-state index in [2.05, 4.69) is 15.3 Å². The first-order valence-corrected chi connectivity index (χ1v) is 7.37. The lowest BCUT2D eigenvalue weighted by molar-refractivity contribution is 0.0691. The van der Waals surface area contributed by atoms with Crippen molar-refractivity contribution in [3.05, 3.63) is 44.6 Å². The van der Waals surface area contributed by atoms with Crippen molar-refractivity contribution >= 4 is 34.8 Å².